The van der Waals surface area contributed by atoms with Crippen molar-refractivity contribution in [3.8, 4) is 0 Å². The number of benzene rings is 1. The summed E-state index contributed by atoms with van der Waals surface area (Å²) >= 11 is 0. The fourth-order valence-electron chi connectivity index (χ4n) is 1.06. The molecular formula is C11H14N2. The van der Waals surface area contributed by atoms with E-state index in [1.54, 1.807) is 0 Å². The van der Waals surface area contributed by atoms with Gasteiger partial charge in [0, 0.05) is 25.9 Å². The van der Waals surface area contributed by atoms with E-state index in [1.807, 2.05) is 55.5 Å². The summed E-state index contributed by atoms with van der Waals surface area (Å²) in [4.78, 5) is 5.92. The lowest BCUT2D eigenvalue weighted by molar-refractivity contribution is 0.565. The zero-order valence-electron chi connectivity index (χ0n) is 8.07. The maximum absolute atomic E-state index is 3.97. The van der Waals surface area contributed by atoms with Gasteiger partial charge in [-0.15, -0.1) is 0 Å². The maximum atomic E-state index is 3.97. The first kappa shape index (κ1) is 9.52. The minimum Gasteiger partial charge on any atom is -0.382 e. The Balaban J connectivity index is 2.98. The molecule has 0 heterocycles. The van der Waals surface area contributed by atoms with E-state index in [2.05, 4.69) is 11.7 Å². The van der Waals surface area contributed by atoms with Gasteiger partial charge < -0.3 is 4.90 Å². The number of rotatable bonds is 3. The Labute approximate surface area is 79.2 Å². The highest BCUT2D eigenvalue weighted by atomic mass is 15.0. The molecule has 0 saturated carbocycles. The van der Waals surface area contributed by atoms with Crippen LogP contribution in [0, 0.1) is 0 Å². The minimum absolute atomic E-state index is 0.894. The summed E-state index contributed by atoms with van der Waals surface area (Å²) in [5, 5.41) is 0. The second-order valence-corrected chi connectivity index (χ2v) is 3.00. The van der Waals surface area contributed by atoms with Gasteiger partial charge >= 0.3 is 0 Å². The average Bonchev–Trinajstić information content (AvgIpc) is 2.15. The van der Waals surface area contributed by atoms with Gasteiger partial charge in [-0.25, -0.2) is 0 Å². The van der Waals surface area contributed by atoms with Crippen molar-refractivity contribution in [3.63, 3.8) is 0 Å². The molecular weight excluding hydrogens is 160 g/mol. The van der Waals surface area contributed by atoms with Crippen molar-refractivity contribution < 1.29 is 0 Å². The Morgan fingerprint density at radius 1 is 1.31 bits per heavy atom. The summed E-state index contributed by atoms with van der Waals surface area (Å²) in [6, 6.07) is 10.0. The monoisotopic (exact) mass is 174 g/mol. The molecule has 13 heavy (non-hydrogen) atoms. The van der Waals surface area contributed by atoms with Crippen molar-refractivity contribution in [1.29, 1.82) is 0 Å². The molecule has 1 aromatic rings. The Kier molecular flexibility index (Phi) is 3.26. The van der Waals surface area contributed by atoms with Gasteiger partial charge in [-0.2, -0.15) is 0 Å². The van der Waals surface area contributed by atoms with Gasteiger partial charge in [0.2, 0.25) is 0 Å². The van der Waals surface area contributed by atoms with E-state index in [1.165, 1.54) is 0 Å². The predicted molar refractivity (Wildman–Crippen MR) is 57.7 cm³/mol. The summed E-state index contributed by atoms with van der Waals surface area (Å²) in [7, 11) is 3.93. The maximum Gasteiger partial charge on any atom is 0.0852 e. The quantitative estimate of drug-likeness (QED) is 0.642. The van der Waals surface area contributed by atoms with Crippen LogP contribution >= 0.6 is 0 Å². The molecule has 1 rings (SSSR count). The molecule has 2 nitrogen and oxygen atoms in total. The molecule has 68 valence electrons. The Morgan fingerprint density at radius 2 is 1.92 bits per heavy atom. The summed E-state index contributed by atoms with van der Waals surface area (Å²) in [5.74, 6) is 0. The van der Waals surface area contributed by atoms with Gasteiger partial charge in [-0.1, -0.05) is 30.3 Å². The molecule has 0 aliphatic heterocycles. The molecule has 0 N–H and O–H groups in total. The SMILES string of the molecule is C=N/C(=C\N(C)C)c1ccccc1. The van der Waals surface area contributed by atoms with Crippen molar-refractivity contribution in [3.05, 3.63) is 42.1 Å². The average molecular weight is 174 g/mol. The van der Waals surface area contributed by atoms with Gasteiger partial charge in [0.25, 0.3) is 0 Å². The smallest absolute Gasteiger partial charge is 0.0852 e. The van der Waals surface area contributed by atoms with Crippen LogP contribution in [0.15, 0.2) is 41.5 Å². The highest BCUT2D eigenvalue weighted by molar-refractivity contribution is 5.67. The van der Waals surface area contributed by atoms with Crippen LogP contribution in [0.5, 0.6) is 0 Å². The van der Waals surface area contributed by atoms with Gasteiger partial charge in [0.1, 0.15) is 0 Å². The van der Waals surface area contributed by atoms with Crippen LogP contribution in [0.2, 0.25) is 0 Å². The summed E-state index contributed by atoms with van der Waals surface area (Å²) in [6.07, 6.45) is 1.95. The topological polar surface area (TPSA) is 15.6 Å². The molecule has 0 aromatic heterocycles. The second kappa shape index (κ2) is 4.45. The molecule has 0 aliphatic carbocycles. The van der Waals surface area contributed by atoms with Crippen LogP contribution in [0.1, 0.15) is 5.56 Å². The van der Waals surface area contributed by atoms with Crippen LogP contribution in [0.25, 0.3) is 5.70 Å². The summed E-state index contributed by atoms with van der Waals surface area (Å²) in [6.45, 7) is 3.55. The number of nitrogens with zero attached hydrogens (tertiary/aromatic N) is 2. The molecule has 0 amide bonds. The Hall–Kier alpha value is -1.57. The van der Waals surface area contributed by atoms with E-state index in [0.29, 0.717) is 0 Å². The first-order valence-electron chi connectivity index (χ1n) is 4.14. The van der Waals surface area contributed by atoms with Gasteiger partial charge in [0.15, 0.2) is 0 Å². The lowest BCUT2D eigenvalue weighted by atomic mass is 10.2. The van der Waals surface area contributed by atoms with Crippen molar-refractivity contribution in [2.75, 3.05) is 14.1 Å². The van der Waals surface area contributed by atoms with Crippen LogP contribution < -0.4 is 0 Å². The Morgan fingerprint density at radius 3 is 2.38 bits per heavy atom. The van der Waals surface area contributed by atoms with E-state index < -0.39 is 0 Å². The molecule has 0 unspecified atom stereocenters. The number of hydrogen-bond acceptors (Lipinski definition) is 2. The third kappa shape index (κ3) is 2.75. The molecule has 0 saturated heterocycles. The summed E-state index contributed by atoms with van der Waals surface area (Å²) < 4.78 is 0. The number of hydrogen-bond donors (Lipinski definition) is 0. The first-order chi connectivity index (χ1) is 6.24. The van der Waals surface area contributed by atoms with Gasteiger partial charge in [-0.05, 0) is 6.72 Å². The molecule has 2 heteroatoms. The lowest BCUT2D eigenvalue weighted by Gasteiger charge is -2.07. The standard InChI is InChI=1S/C11H14N2/c1-12-11(9-13(2)3)10-7-5-4-6-8-10/h4-9H,1H2,2-3H3/b11-9-. The highest BCUT2D eigenvalue weighted by Gasteiger charge is 1.96. The van der Waals surface area contributed by atoms with Gasteiger partial charge in [-0.3, -0.25) is 4.99 Å². The third-order valence-corrected chi connectivity index (χ3v) is 1.62. The molecule has 0 radical (unpaired) electrons. The zero-order chi connectivity index (χ0) is 9.68. The third-order valence-electron chi connectivity index (χ3n) is 1.62. The lowest BCUT2D eigenvalue weighted by Crippen LogP contribution is -2.01. The summed E-state index contributed by atoms with van der Waals surface area (Å²) in [5.41, 5.74) is 1.98. The predicted octanol–water partition coefficient (Wildman–Crippen LogP) is 2.25. The normalized spacial score (nSPS) is 11.1. The zero-order valence-corrected chi connectivity index (χ0v) is 8.07. The highest BCUT2D eigenvalue weighted by Crippen LogP contribution is 2.14. The van der Waals surface area contributed by atoms with Crippen molar-refractivity contribution in [2.24, 2.45) is 4.99 Å². The van der Waals surface area contributed by atoms with Crippen molar-refractivity contribution >= 4 is 12.4 Å². The van der Waals surface area contributed by atoms with Gasteiger partial charge in [0.05, 0.1) is 5.70 Å². The van der Waals surface area contributed by atoms with Crippen molar-refractivity contribution in [2.45, 2.75) is 0 Å². The molecule has 0 bridgehead atoms. The molecule has 0 spiro atoms. The van der Waals surface area contributed by atoms with Crippen LogP contribution in [-0.2, 0) is 0 Å². The van der Waals surface area contributed by atoms with Crippen LogP contribution in [-0.4, -0.2) is 25.7 Å². The second-order valence-electron chi connectivity index (χ2n) is 3.00. The minimum atomic E-state index is 0.894. The fraction of sp³-hybridized carbons (Fsp3) is 0.182. The van der Waals surface area contributed by atoms with Crippen LogP contribution in [0.3, 0.4) is 0 Å². The van der Waals surface area contributed by atoms with E-state index in [9.17, 15) is 0 Å². The van der Waals surface area contributed by atoms with Crippen LogP contribution in [0.4, 0.5) is 0 Å². The van der Waals surface area contributed by atoms with E-state index >= 15 is 0 Å². The van der Waals surface area contributed by atoms with Crippen molar-refractivity contribution in [1.82, 2.24) is 4.90 Å². The van der Waals surface area contributed by atoms with E-state index in [0.717, 1.165) is 11.3 Å². The molecule has 0 atom stereocenters. The fourth-order valence-corrected chi connectivity index (χ4v) is 1.06. The van der Waals surface area contributed by atoms with E-state index in [-0.39, 0.29) is 0 Å². The Bertz CT molecular complexity index is 299. The molecule has 1 aromatic carbocycles. The van der Waals surface area contributed by atoms with E-state index in [4.69, 9.17) is 0 Å². The number of aliphatic imine (C=N–C) groups is 1. The molecule has 0 aliphatic rings. The first-order valence-corrected chi connectivity index (χ1v) is 4.14. The molecule has 0 fully saturated rings. The largest absolute Gasteiger partial charge is 0.382 e.